The smallest absolute Gasteiger partial charge is 0.335 e. The minimum absolute atomic E-state index is 0.305. The number of carbonyl (C=O) groups is 1. The predicted molar refractivity (Wildman–Crippen MR) is 120 cm³/mol. The average Bonchev–Trinajstić information content (AvgIpc) is 3.42. The molecule has 31 heavy (non-hydrogen) atoms. The highest BCUT2D eigenvalue weighted by Gasteiger charge is 2.23. The van der Waals surface area contributed by atoms with Crippen LogP contribution in [0.4, 0.5) is 0 Å². The lowest BCUT2D eigenvalue weighted by atomic mass is 9.90. The van der Waals surface area contributed by atoms with Crippen LogP contribution in [0.25, 0.3) is 33.3 Å². The molecule has 4 aromatic rings. The number of fused-ring (bicyclic) bond motifs is 1. The summed E-state index contributed by atoms with van der Waals surface area (Å²) < 4.78 is 1.81. The number of hydrogen-bond donors (Lipinski definition) is 1. The minimum atomic E-state index is -0.863. The predicted octanol–water partition coefficient (Wildman–Crippen LogP) is 5.36. The van der Waals surface area contributed by atoms with E-state index in [4.69, 9.17) is 0 Å². The van der Waals surface area contributed by atoms with Crippen LogP contribution < -0.4 is 0 Å². The van der Waals surface area contributed by atoms with E-state index in [1.165, 1.54) is 0 Å². The quantitative estimate of drug-likeness (QED) is 0.488. The van der Waals surface area contributed by atoms with Gasteiger partial charge in [-0.1, -0.05) is 25.0 Å². The van der Waals surface area contributed by atoms with Crippen molar-refractivity contribution >= 4 is 16.9 Å². The molecule has 6 nitrogen and oxygen atoms in total. The molecule has 1 N–H and O–H groups in total. The van der Waals surface area contributed by atoms with Crippen LogP contribution in [0.5, 0.6) is 0 Å². The SMILES string of the molecule is Cc1nn(C)cc1-c1ccc2c(-c3ccc(C(=O)O)c(C4CCCC4)c3)ncnc2c1. The van der Waals surface area contributed by atoms with E-state index in [9.17, 15) is 9.90 Å². The Morgan fingerprint density at radius 1 is 1.06 bits per heavy atom. The van der Waals surface area contributed by atoms with Crippen molar-refractivity contribution in [3.8, 4) is 22.4 Å². The highest BCUT2D eigenvalue weighted by Crippen LogP contribution is 2.38. The van der Waals surface area contributed by atoms with Gasteiger partial charge >= 0.3 is 5.97 Å². The Kier molecular flexibility index (Phi) is 4.77. The maximum Gasteiger partial charge on any atom is 0.335 e. The topological polar surface area (TPSA) is 80.9 Å². The summed E-state index contributed by atoms with van der Waals surface area (Å²) in [6.45, 7) is 2.00. The summed E-state index contributed by atoms with van der Waals surface area (Å²) in [6.07, 6.45) is 7.99. The molecule has 0 atom stereocenters. The third-order valence-electron chi connectivity index (χ3n) is 6.31. The maximum atomic E-state index is 11.8. The zero-order chi connectivity index (χ0) is 21.5. The summed E-state index contributed by atoms with van der Waals surface area (Å²) in [5, 5.41) is 15.1. The van der Waals surface area contributed by atoms with Crippen LogP contribution in [-0.4, -0.2) is 30.8 Å². The molecule has 2 aromatic carbocycles. The normalized spacial score (nSPS) is 14.4. The number of aryl methyl sites for hydroxylation is 2. The van der Waals surface area contributed by atoms with E-state index in [0.717, 1.165) is 70.2 Å². The lowest BCUT2D eigenvalue weighted by Crippen LogP contribution is -2.06. The number of aromatic nitrogens is 4. The van der Waals surface area contributed by atoms with Gasteiger partial charge in [-0.15, -0.1) is 0 Å². The van der Waals surface area contributed by atoms with E-state index >= 15 is 0 Å². The van der Waals surface area contributed by atoms with Gasteiger partial charge in [0.1, 0.15) is 6.33 Å². The molecule has 156 valence electrons. The van der Waals surface area contributed by atoms with Crippen molar-refractivity contribution in [3.05, 3.63) is 65.7 Å². The first-order chi connectivity index (χ1) is 15.0. The van der Waals surface area contributed by atoms with Crippen LogP contribution in [0, 0.1) is 6.92 Å². The number of benzene rings is 2. The Morgan fingerprint density at radius 2 is 1.84 bits per heavy atom. The molecule has 1 aliphatic rings. The van der Waals surface area contributed by atoms with Crippen molar-refractivity contribution < 1.29 is 9.90 Å². The highest BCUT2D eigenvalue weighted by molar-refractivity contribution is 5.96. The molecule has 0 amide bonds. The number of aromatic carboxylic acids is 1. The number of carboxylic acids is 1. The second-order valence-corrected chi connectivity index (χ2v) is 8.34. The van der Waals surface area contributed by atoms with E-state index < -0.39 is 5.97 Å². The Labute approximate surface area is 180 Å². The molecule has 0 unspecified atom stereocenters. The van der Waals surface area contributed by atoms with Crippen LogP contribution in [0.1, 0.15) is 53.2 Å². The Morgan fingerprint density at radius 3 is 2.55 bits per heavy atom. The Bertz CT molecular complexity index is 1300. The lowest BCUT2D eigenvalue weighted by molar-refractivity contribution is 0.0695. The fourth-order valence-electron chi connectivity index (χ4n) is 4.82. The first-order valence-electron chi connectivity index (χ1n) is 10.6. The zero-order valence-corrected chi connectivity index (χ0v) is 17.7. The maximum absolute atomic E-state index is 11.8. The molecule has 0 radical (unpaired) electrons. The molecular formula is C25H24N4O2. The van der Waals surface area contributed by atoms with Crippen LogP contribution in [0.2, 0.25) is 0 Å². The van der Waals surface area contributed by atoms with Gasteiger partial charge < -0.3 is 5.11 Å². The number of carboxylic acid groups (broad SMARTS) is 1. The van der Waals surface area contributed by atoms with E-state index in [1.807, 2.05) is 43.0 Å². The van der Waals surface area contributed by atoms with Crippen molar-refractivity contribution in [2.24, 2.45) is 7.05 Å². The van der Waals surface area contributed by atoms with Gasteiger partial charge in [0.15, 0.2) is 0 Å². The molecule has 0 saturated heterocycles. The van der Waals surface area contributed by atoms with Crippen molar-refractivity contribution in [3.63, 3.8) is 0 Å². The van der Waals surface area contributed by atoms with E-state index in [-0.39, 0.29) is 0 Å². The summed E-state index contributed by atoms with van der Waals surface area (Å²) in [4.78, 5) is 20.9. The molecule has 2 aromatic heterocycles. The van der Waals surface area contributed by atoms with Gasteiger partial charge in [-0.3, -0.25) is 4.68 Å². The number of hydrogen-bond acceptors (Lipinski definition) is 4. The molecular weight excluding hydrogens is 388 g/mol. The third kappa shape index (κ3) is 3.48. The van der Waals surface area contributed by atoms with Gasteiger partial charge in [0.05, 0.1) is 22.5 Å². The molecule has 2 heterocycles. The largest absolute Gasteiger partial charge is 0.478 e. The first-order valence-corrected chi connectivity index (χ1v) is 10.6. The number of nitrogens with zero attached hydrogens (tertiary/aromatic N) is 4. The van der Waals surface area contributed by atoms with Crippen molar-refractivity contribution in [2.75, 3.05) is 0 Å². The van der Waals surface area contributed by atoms with E-state index in [0.29, 0.717) is 11.5 Å². The first kappa shape index (κ1) is 19.4. The summed E-state index contributed by atoms with van der Waals surface area (Å²) in [6, 6.07) is 11.8. The van der Waals surface area contributed by atoms with Gasteiger partial charge in [0.2, 0.25) is 0 Å². The molecule has 1 aliphatic carbocycles. The third-order valence-corrected chi connectivity index (χ3v) is 6.31. The van der Waals surface area contributed by atoms with Gasteiger partial charge in [0.25, 0.3) is 0 Å². The fourth-order valence-corrected chi connectivity index (χ4v) is 4.82. The Hall–Kier alpha value is -3.54. The number of rotatable bonds is 4. The minimum Gasteiger partial charge on any atom is -0.478 e. The molecule has 6 heteroatoms. The van der Waals surface area contributed by atoms with E-state index in [1.54, 1.807) is 12.4 Å². The highest BCUT2D eigenvalue weighted by atomic mass is 16.4. The molecule has 1 saturated carbocycles. The zero-order valence-electron chi connectivity index (χ0n) is 17.7. The fraction of sp³-hybridized carbons (Fsp3) is 0.280. The van der Waals surface area contributed by atoms with Gasteiger partial charge in [-0.05, 0) is 61.1 Å². The summed E-state index contributed by atoms with van der Waals surface area (Å²) in [5.41, 5.74) is 7.08. The van der Waals surface area contributed by atoms with Gasteiger partial charge in [0, 0.05) is 29.8 Å². The molecule has 5 rings (SSSR count). The van der Waals surface area contributed by atoms with Crippen LogP contribution >= 0.6 is 0 Å². The molecule has 0 aliphatic heterocycles. The van der Waals surface area contributed by atoms with Crippen LogP contribution in [-0.2, 0) is 7.05 Å². The molecule has 0 spiro atoms. The molecule has 1 fully saturated rings. The Balaban J connectivity index is 1.62. The van der Waals surface area contributed by atoms with Crippen LogP contribution in [0.15, 0.2) is 48.9 Å². The molecule has 0 bridgehead atoms. The lowest BCUT2D eigenvalue weighted by Gasteiger charge is -2.15. The standard InChI is InChI=1S/C25H24N4O2/c1-15-22(13-29(2)28-15)17-7-10-20-23(12-17)26-14-27-24(20)18-8-9-19(25(30)31)21(11-18)16-5-3-4-6-16/h7-14,16H,3-6H2,1-2H3,(H,30,31). The van der Waals surface area contributed by atoms with Crippen LogP contribution in [0.3, 0.4) is 0 Å². The van der Waals surface area contributed by atoms with Gasteiger partial charge in [-0.25, -0.2) is 14.8 Å². The van der Waals surface area contributed by atoms with Crippen molar-refractivity contribution in [1.82, 2.24) is 19.7 Å². The van der Waals surface area contributed by atoms with Crippen molar-refractivity contribution in [1.29, 1.82) is 0 Å². The average molecular weight is 412 g/mol. The second kappa shape index (κ2) is 7.61. The second-order valence-electron chi connectivity index (χ2n) is 8.34. The monoisotopic (exact) mass is 412 g/mol. The summed E-state index contributed by atoms with van der Waals surface area (Å²) in [5.74, 6) is -0.559. The van der Waals surface area contributed by atoms with Gasteiger partial charge in [-0.2, -0.15) is 5.10 Å². The summed E-state index contributed by atoms with van der Waals surface area (Å²) >= 11 is 0. The summed E-state index contributed by atoms with van der Waals surface area (Å²) in [7, 11) is 1.92. The van der Waals surface area contributed by atoms with Crippen molar-refractivity contribution in [2.45, 2.75) is 38.5 Å². The van der Waals surface area contributed by atoms with E-state index in [2.05, 4.69) is 27.2 Å².